The Morgan fingerprint density at radius 2 is 1.74 bits per heavy atom. The molecule has 0 aromatic heterocycles. The predicted octanol–water partition coefficient (Wildman–Crippen LogP) is 2.50. The number of methoxy groups -OCH3 is 1. The van der Waals surface area contributed by atoms with Crippen molar-refractivity contribution >= 4 is 11.4 Å². The van der Waals surface area contributed by atoms with E-state index in [1.54, 1.807) is 6.07 Å². The molecule has 0 bridgehead atoms. The number of hydrogen-bond acceptors (Lipinski definition) is 7. The fourth-order valence-corrected chi connectivity index (χ4v) is 5.52. The molecule has 1 N–H and O–H groups in total. The van der Waals surface area contributed by atoms with E-state index in [2.05, 4.69) is 20.0 Å². The van der Waals surface area contributed by atoms with Crippen LogP contribution in [0.1, 0.15) is 31.2 Å². The molecule has 8 nitrogen and oxygen atoms in total. The van der Waals surface area contributed by atoms with Crippen LogP contribution in [0.3, 0.4) is 0 Å². The molecule has 3 heterocycles. The highest BCUT2D eigenvalue weighted by Gasteiger charge is 2.29. The van der Waals surface area contributed by atoms with Crippen molar-refractivity contribution in [1.29, 1.82) is 0 Å². The first-order valence-electron chi connectivity index (χ1n) is 11.8. The standard InChI is InChI=1S/C23H37N5O3/c1-18-15-22(28(29)30)23(31-2)16-21(18)27-9-5-20(6-10-27)26-13-11-25(12-14-26)17-19-3-7-24-8-4-19/h15-16,19-20,24H,3-14,17H2,1-2H3. The third-order valence-electron chi connectivity index (χ3n) is 7.40. The molecule has 31 heavy (non-hydrogen) atoms. The summed E-state index contributed by atoms with van der Waals surface area (Å²) >= 11 is 0. The molecule has 0 aliphatic carbocycles. The average Bonchev–Trinajstić information content (AvgIpc) is 2.80. The van der Waals surface area contributed by atoms with Gasteiger partial charge in [0.15, 0.2) is 5.75 Å². The first-order valence-corrected chi connectivity index (χ1v) is 11.8. The van der Waals surface area contributed by atoms with Crippen LogP contribution >= 0.6 is 0 Å². The van der Waals surface area contributed by atoms with Crippen molar-refractivity contribution in [3.8, 4) is 5.75 Å². The highest BCUT2D eigenvalue weighted by molar-refractivity contribution is 5.64. The molecule has 8 heteroatoms. The number of benzene rings is 1. The molecule has 3 aliphatic rings. The summed E-state index contributed by atoms with van der Waals surface area (Å²) in [5.74, 6) is 1.22. The van der Waals surface area contributed by atoms with Gasteiger partial charge >= 0.3 is 5.69 Å². The molecule has 3 fully saturated rings. The molecule has 1 aromatic carbocycles. The van der Waals surface area contributed by atoms with E-state index in [0.29, 0.717) is 11.8 Å². The van der Waals surface area contributed by atoms with Gasteiger partial charge in [-0.05, 0) is 57.2 Å². The van der Waals surface area contributed by atoms with Crippen molar-refractivity contribution in [1.82, 2.24) is 15.1 Å². The minimum atomic E-state index is -0.368. The maximum Gasteiger partial charge on any atom is 0.311 e. The largest absolute Gasteiger partial charge is 0.490 e. The Labute approximate surface area is 185 Å². The summed E-state index contributed by atoms with van der Waals surface area (Å²) in [6.07, 6.45) is 4.94. The van der Waals surface area contributed by atoms with Crippen LogP contribution in [0.15, 0.2) is 12.1 Å². The number of nitrogens with zero attached hydrogens (tertiary/aromatic N) is 4. The Hall–Kier alpha value is -1.90. The number of anilines is 1. The number of nitrogens with one attached hydrogen (secondary N) is 1. The molecule has 0 spiro atoms. The van der Waals surface area contributed by atoms with Gasteiger partial charge < -0.3 is 19.9 Å². The van der Waals surface area contributed by atoms with E-state index in [1.165, 1.54) is 65.8 Å². The lowest BCUT2D eigenvalue weighted by molar-refractivity contribution is -0.385. The van der Waals surface area contributed by atoms with Crippen LogP contribution in [-0.4, -0.2) is 86.8 Å². The van der Waals surface area contributed by atoms with E-state index in [4.69, 9.17) is 4.74 Å². The minimum absolute atomic E-state index is 0.0426. The van der Waals surface area contributed by atoms with Gasteiger partial charge in [0.05, 0.1) is 12.0 Å². The van der Waals surface area contributed by atoms with Crippen molar-refractivity contribution in [2.75, 3.05) is 70.9 Å². The zero-order valence-corrected chi connectivity index (χ0v) is 19.0. The highest BCUT2D eigenvalue weighted by atomic mass is 16.6. The number of rotatable bonds is 6. The van der Waals surface area contributed by atoms with Gasteiger partial charge in [0.1, 0.15) is 0 Å². The van der Waals surface area contributed by atoms with Gasteiger partial charge in [0.2, 0.25) is 0 Å². The van der Waals surface area contributed by atoms with Gasteiger partial charge in [-0.1, -0.05) is 0 Å². The number of nitro groups is 1. The Morgan fingerprint density at radius 3 is 2.35 bits per heavy atom. The van der Waals surface area contributed by atoms with Crippen molar-refractivity contribution in [2.24, 2.45) is 5.92 Å². The molecule has 0 amide bonds. The lowest BCUT2D eigenvalue weighted by Gasteiger charge is -2.44. The maximum absolute atomic E-state index is 11.3. The monoisotopic (exact) mass is 431 g/mol. The molecule has 0 unspecified atom stereocenters. The van der Waals surface area contributed by atoms with Gasteiger partial charge in [-0.25, -0.2) is 0 Å². The molecular weight excluding hydrogens is 394 g/mol. The van der Waals surface area contributed by atoms with E-state index in [1.807, 2.05) is 13.0 Å². The Kier molecular flexibility index (Phi) is 7.30. The van der Waals surface area contributed by atoms with Crippen LogP contribution < -0.4 is 15.0 Å². The zero-order chi connectivity index (χ0) is 21.8. The molecule has 4 rings (SSSR count). The SMILES string of the molecule is COc1cc(N2CCC(N3CCN(CC4CCNCC4)CC3)CC2)c(C)cc1[N+](=O)[O-]. The van der Waals surface area contributed by atoms with Crippen LogP contribution in [0.5, 0.6) is 5.75 Å². The summed E-state index contributed by atoms with van der Waals surface area (Å²) < 4.78 is 5.29. The first kappa shape index (κ1) is 22.3. The Morgan fingerprint density at radius 1 is 1.06 bits per heavy atom. The number of hydrogen-bond donors (Lipinski definition) is 1. The van der Waals surface area contributed by atoms with Gasteiger partial charge in [0.25, 0.3) is 0 Å². The molecule has 3 saturated heterocycles. The summed E-state index contributed by atoms with van der Waals surface area (Å²) in [7, 11) is 1.50. The van der Waals surface area contributed by atoms with E-state index in [-0.39, 0.29) is 10.6 Å². The summed E-state index contributed by atoms with van der Waals surface area (Å²) in [6.45, 7) is 12.3. The summed E-state index contributed by atoms with van der Waals surface area (Å²) in [6, 6.07) is 4.13. The number of ether oxygens (including phenoxy) is 1. The Bertz CT molecular complexity index is 752. The van der Waals surface area contributed by atoms with Crippen LogP contribution in [0.4, 0.5) is 11.4 Å². The van der Waals surface area contributed by atoms with E-state index >= 15 is 0 Å². The summed E-state index contributed by atoms with van der Waals surface area (Å²) in [5.41, 5.74) is 2.05. The Balaban J connectivity index is 1.28. The number of piperazine rings is 1. The minimum Gasteiger partial charge on any atom is -0.490 e. The summed E-state index contributed by atoms with van der Waals surface area (Å²) in [5, 5.41) is 14.7. The fraction of sp³-hybridized carbons (Fsp3) is 0.739. The van der Waals surface area contributed by atoms with Crippen molar-refractivity contribution in [2.45, 2.75) is 38.6 Å². The van der Waals surface area contributed by atoms with E-state index in [9.17, 15) is 10.1 Å². The second-order valence-corrected chi connectivity index (χ2v) is 9.32. The molecule has 172 valence electrons. The van der Waals surface area contributed by atoms with Crippen LogP contribution in [0.2, 0.25) is 0 Å². The van der Waals surface area contributed by atoms with Gasteiger partial charge in [-0.15, -0.1) is 0 Å². The van der Waals surface area contributed by atoms with Crippen LogP contribution in [0.25, 0.3) is 0 Å². The van der Waals surface area contributed by atoms with Gasteiger partial charge in [-0.2, -0.15) is 0 Å². The van der Waals surface area contributed by atoms with Crippen molar-refractivity contribution in [3.05, 3.63) is 27.8 Å². The first-order chi connectivity index (χ1) is 15.0. The third kappa shape index (κ3) is 5.30. The van der Waals surface area contributed by atoms with Crippen molar-refractivity contribution in [3.63, 3.8) is 0 Å². The molecule has 0 saturated carbocycles. The topological polar surface area (TPSA) is 74.1 Å². The predicted molar refractivity (Wildman–Crippen MR) is 123 cm³/mol. The molecule has 0 radical (unpaired) electrons. The number of aryl methyl sites for hydroxylation is 1. The normalized spacial score (nSPS) is 22.6. The third-order valence-corrected chi connectivity index (χ3v) is 7.40. The molecule has 3 aliphatic heterocycles. The number of nitro benzene ring substituents is 1. The maximum atomic E-state index is 11.3. The lowest BCUT2D eigenvalue weighted by Crippen LogP contribution is -2.54. The molecule has 1 aromatic rings. The van der Waals surface area contributed by atoms with E-state index in [0.717, 1.165) is 43.1 Å². The highest BCUT2D eigenvalue weighted by Crippen LogP contribution is 2.36. The van der Waals surface area contributed by atoms with Gasteiger partial charge in [-0.3, -0.25) is 15.0 Å². The number of piperidine rings is 2. The quantitative estimate of drug-likeness (QED) is 0.548. The lowest BCUT2D eigenvalue weighted by atomic mass is 9.97. The molecule has 0 atom stereocenters. The van der Waals surface area contributed by atoms with Crippen molar-refractivity contribution < 1.29 is 9.66 Å². The zero-order valence-electron chi connectivity index (χ0n) is 19.0. The smallest absolute Gasteiger partial charge is 0.311 e. The molecular formula is C23H37N5O3. The fourth-order valence-electron chi connectivity index (χ4n) is 5.52. The van der Waals surface area contributed by atoms with E-state index < -0.39 is 0 Å². The second-order valence-electron chi connectivity index (χ2n) is 9.32. The summed E-state index contributed by atoms with van der Waals surface area (Å²) in [4.78, 5) is 18.6. The van der Waals surface area contributed by atoms with Crippen LogP contribution in [0, 0.1) is 23.0 Å². The average molecular weight is 432 g/mol. The van der Waals surface area contributed by atoms with Crippen LogP contribution in [-0.2, 0) is 0 Å². The second kappa shape index (κ2) is 10.1. The van der Waals surface area contributed by atoms with Gasteiger partial charge in [0, 0.05) is 69.7 Å².